The van der Waals surface area contributed by atoms with Gasteiger partial charge in [-0.05, 0) is 5.56 Å². The van der Waals surface area contributed by atoms with E-state index in [-0.39, 0.29) is 12.4 Å². The van der Waals surface area contributed by atoms with Crippen molar-refractivity contribution in [3.05, 3.63) is 47.9 Å². The van der Waals surface area contributed by atoms with Gasteiger partial charge in [0.2, 0.25) is 5.76 Å². The highest BCUT2D eigenvalue weighted by atomic mass is 16.6. The van der Waals surface area contributed by atoms with Gasteiger partial charge in [0.25, 0.3) is 5.91 Å². The number of ether oxygens (including phenoxy) is 2. The Balaban J connectivity index is 2.02. The molecule has 0 fully saturated rings. The molecule has 0 bridgehead atoms. The zero-order valence-corrected chi connectivity index (χ0v) is 9.83. The van der Waals surface area contributed by atoms with Gasteiger partial charge in [-0.15, -0.1) is 0 Å². The van der Waals surface area contributed by atoms with E-state index in [4.69, 9.17) is 9.47 Å². The molecule has 0 unspecified atom stereocenters. The topological polar surface area (TPSA) is 67.8 Å². The summed E-state index contributed by atoms with van der Waals surface area (Å²) in [7, 11) is 0. The van der Waals surface area contributed by atoms with Crippen molar-refractivity contribution in [3.63, 3.8) is 0 Å². The second-order valence-corrected chi connectivity index (χ2v) is 3.82. The highest BCUT2D eigenvalue weighted by Gasteiger charge is 2.19. The second-order valence-electron chi connectivity index (χ2n) is 3.82. The molecule has 0 saturated heterocycles. The predicted molar refractivity (Wildman–Crippen MR) is 64.4 cm³/mol. The predicted octanol–water partition coefficient (Wildman–Crippen LogP) is 0.724. The van der Waals surface area contributed by atoms with Crippen molar-refractivity contribution < 1.29 is 19.4 Å². The average Bonchev–Trinajstić information content (AvgIpc) is 2.46. The Morgan fingerprint density at radius 1 is 1.33 bits per heavy atom. The Hall–Kier alpha value is -2.01. The van der Waals surface area contributed by atoms with Crippen LogP contribution in [0, 0.1) is 0 Å². The minimum Gasteiger partial charge on any atom is -0.494 e. The van der Waals surface area contributed by atoms with Crippen LogP contribution in [0.2, 0.25) is 0 Å². The third kappa shape index (κ3) is 3.01. The SMILES string of the molecule is O=C(N[C@@H](CO)c1ccccc1)C1=COCCO1. The molecule has 1 aliphatic rings. The lowest BCUT2D eigenvalue weighted by atomic mass is 10.1. The van der Waals surface area contributed by atoms with Crippen LogP contribution in [0.15, 0.2) is 42.4 Å². The van der Waals surface area contributed by atoms with Crippen LogP contribution in [0.3, 0.4) is 0 Å². The Bertz CT molecular complexity index is 430. The minimum atomic E-state index is -0.454. The molecule has 1 atom stereocenters. The van der Waals surface area contributed by atoms with Crippen LogP contribution < -0.4 is 5.32 Å². The molecule has 2 N–H and O–H groups in total. The van der Waals surface area contributed by atoms with Crippen LogP contribution >= 0.6 is 0 Å². The summed E-state index contributed by atoms with van der Waals surface area (Å²) < 4.78 is 10.2. The van der Waals surface area contributed by atoms with Gasteiger partial charge in [-0.2, -0.15) is 0 Å². The van der Waals surface area contributed by atoms with Crippen LogP contribution in [0.1, 0.15) is 11.6 Å². The van der Waals surface area contributed by atoms with Gasteiger partial charge in [0, 0.05) is 0 Å². The first-order valence-corrected chi connectivity index (χ1v) is 5.72. The average molecular weight is 249 g/mol. The maximum absolute atomic E-state index is 11.8. The highest BCUT2D eigenvalue weighted by Crippen LogP contribution is 2.13. The summed E-state index contributed by atoms with van der Waals surface area (Å²) in [6, 6.07) is 8.81. The van der Waals surface area contributed by atoms with Gasteiger partial charge >= 0.3 is 0 Å². The summed E-state index contributed by atoms with van der Waals surface area (Å²) in [5, 5.41) is 12.0. The lowest BCUT2D eigenvalue weighted by molar-refractivity contribution is -0.123. The molecule has 1 amide bonds. The van der Waals surface area contributed by atoms with Crippen molar-refractivity contribution in [1.29, 1.82) is 0 Å². The van der Waals surface area contributed by atoms with Gasteiger partial charge in [0.1, 0.15) is 19.5 Å². The zero-order chi connectivity index (χ0) is 12.8. The number of carbonyl (C=O) groups excluding carboxylic acids is 1. The minimum absolute atomic E-state index is 0.135. The van der Waals surface area contributed by atoms with E-state index < -0.39 is 11.9 Å². The molecular formula is C13H15NO4. The molecule has 1 aliphatic heterocycles. The number of aliphatic hydroxyl groups is 1. The summed E-state index contributed by atoms with van der Waals surface area (Å²) in [5.74, 6) is -0.256. The Morgan fingerprint density at radius 3 is 2.72 bits per heavy atom. The van der Waals surface area contributed by atoms with Crippen LogP contribution in [-0.2, 0) is 14.3 Å². The Kier molecular flexibility index (Phi) is 4.20. The lowest BCUT2D eigenvalue weighted by Gasteiger charge is -2.19. The van der Waals surface area contributed by atoms with Gasteiger partial charge in [-0.1, -0.05) is 30.3 Å². The fraction of sp³-hybridized carbons (Fsp3) is 0.308. The van der Waals surface area contributed by atoms with Crippen molar-refractivity contribution >= 4 is 5.91 Å². The van der Waals surface area contributed by atoms with Crippen molar-refractivity contribution in [2.24, 2.45) is 0 Å². The Morgan fingerprint density at radius 2 is 2.11 bits per heavy atom. The third-order valence-electron chi connectivity index (χ3n) is 2.56. The van der Waals surface area contributed by atoms with Gasteiger partial charge in [-0.25, -0.2) is 0 Å². The maximum Gasteiger partial charge on any atom is 0.290 e. The summed E-state index contributed by atoms with van der Waals surface area (Å²) in [6.45, 7) is 0.622. The van der Waals surface area contributed by atoms with Crippen LogP contribution in [0.25, 0.3) is 0 Å². The fourth-order valence-electron chi connectivity index (χ4n) is 1.64. The first-order chi connectivity index (χ1) is 8.81. The number of benzene rings is 1. The van der Waals surface area contributed by atoms with E-state index in [0.717, 1.165) is 5.56 Å². The summed E-state index contributed by atoms with van der Waals surface area (Å²) in [4.78, 5) is 11.8. The number of amides is 1. The maximum atomic E-state index is 11.8. The molecule has 5 nitrogen and oxygen atoms in total. The largest absolute Gasteiger partial charge is 0.494 e. The van der Waals surface area contributed by atoms with Gasteiger partial charge in [-0.3, -0.25) is 4.79 Å². The monoisotopic (exact) mass is 249 g/mol. The van der Waals surface area contributed by atoms with E-state index in [1.165, 1.54) is 6.26 Å². The first kappa shape index (κ1) is 12.4. The molecule has 1 aromatic carbocycles. The normalized spacial score (nSPS) is 15.9. The Labute approximate surface area is 105 Å². The van der Waals surface area contributed by atoms with Gasteiger partial charge < -0.3 is 19.9 Å². The molecule has 0 spiro atoms. The van der Waals surface area contributed by atoms with Crippen molar-refractivity contribution in [2.45, 2.75) is 6.04 Å². The van der Waals surface area contributed by atoms with Crippen molar-refractivity contribution in [3.8, 4) is 0 Å². The summed E-state index contributed by atoms with van der Waals surface area (Å²) in [6.07, 6.45) is 1.29. The van der Waals surface area contributed by atoms with E-state index >= 15 is 0 Å². The number of hydrogen-bond donors (Lipinski definition) is 2. The number of rotatable bonds is 4. The second kappa shape index (κ2) is 6.07. The van der Waals surface area contributed by atoms with Crippen LogP contribution in [0.5, 0.6) is 0 Å². The number of nitrogens with one attached hydrogen (secondary N) is 1. The third-order valence-corrected chi connectivity index (χ3v) is 2.56. The molecule has 1 aromatic rings. The number of carbonyl (C=O) groups is 1. The molecule has 2 rings (SSSR count). The standard InChI is InChI=1S/C13H15NO4/c15-8-11(10-4-2-1-3-5-10)14-13(16)12-9-17-6-7-18-12/h1-5,9,11,15H,6-8H2,(H,14,16)/t11-/m0/s1. The van der Waals surface area contributed by atoms with E-state index in [2.05, 4.69) is 5.32 Å². The lowest BCUT2D eigenvalue weighted by Crippen LogP contribution is -2.33. The molecule has 5 heteroatoms. The van der Waals surface area contributed by atoms with E-state index in [9.17, 15) is 9.90 Å². The van der Waals surface area contributed by atoms with Crippen molar-refractivity contribution in [1.82, 2.24) is 5.32 Å². The van der Waals surface area contributed by atoms with E-state index in [1.54, 1.807) is 0 Å². The molecular weight excluding hydrogens is 234 g/mol. The van der Waals surface area contributed by atoms with Crippen LogP contribution in [0.4, 0.5) is 0 Å². The van der Waals surface area contributed by atoms with Crippen molar-refractivity contribution in [2.75, 3.05) is 19.8 Å². The summed E-state index contributed by atoms with van der Waals surface area (Å²) in [5.41, 5.74) is 0.839. The molecule has 96 valence electrons. The fourth-order valence-corrected chi connectivity index (χ4v) is 1.64. The smallest absolute Gasteiger partial charge is 0.290 e. The first-order valence-electron chi connectivity index (χ1n) is 5.72. The van der Waals surface area contributed by atoms with Gasteiger partial charge in [0.15, 0.2) is 0 Å². The molecule has 0 aliphatic carbocycles. The molecule has 0 saturated carbocycles. The molecule has 0 aromatic heterocycles. The molecule has 0 radical (unpaired) electrons. The van der Waals surface area contributed by atoms with Gasteiger partial charge in [0.05, 0.1) is 12.6 Å². The zero-order valence-electron chi connectivity index (χ0n) is 9.83. The quantitative estimate of drug-likeness (QED) is 0.825. The summed E-state index contributed by atoms with van der Waals surface area (Å²) >= 11 is 0. The molecule has 18 heavy (non-hydrogen) atoms. The highest BCUT2D eigenvalue weighted by molar-refractivity contribution is 5.91. The van der Waals surface area contributed by atoms with E-state index in [1.807, 2.05) is 30.3 Å². The number of hydrogen-bond acceptors (Lipinski definition) is 4. The van der Waals surface area contributed by atoms with E-state index in [0.29, 0.717) is 13.2 Å². The van der Waals surface area contributed by atoms with Crippen LogP contribution in [-0.4, -0.2) is 30.8 Å². The number of aliphatic hydroxyl groups excluding tert-OH is 1. The molecule has 1 heterocycles.